The maximum Gasteiger partial charge on any atom is 0.0791 e. The lowest BCUT2D eigenvalue weighted by Crippen LogP contribution is -1.74. The maximum absolute atomic E-state index is 4.94. The summed E-state index contributed by atoms with van der Waals surface area (Å²) in [7, 11) is 0. The fourth-order valence-corrected chi connectivity index (χ4v) is 1.04. The van der Waals surface area contributed by atoms with Gasteiger partial charge in [0.25, 0.3) is 0 Å². The number of rotatable bonds is 0. The molecule has 0 saturated carbocycles. The number of nitrogens with zero attached hydrogens (tertiary/aromatic N) is 1. The predicted molar refractivity (Wildman–Crippen MR) is 42.2 cm³/mol. The summed E-state index contributed by atoms with van der Waals surface area (Å²) in [5, 5.41) is 1.93. The molecule has 0 N–H and O–H groups in total. The normalized spacial score (nSPS) is 16.0. The first kappa shape index (κ1) is 7.69. The van der Waals surface area contributed by atoms with E-state index in [4.69, 9.17) is 4.74 Å². The highest BCUT2D eigenvalue weighted by Gasteiger charge is 1.94. The highest BCUT2D eigenvalue weighted by Crippen LogP contribution is 1.98. The molecule has 0 spiro atoms. The van der Waals surface area contributed by atoms with Crippen molar-refractivity contribution >= 4 is 11.3 Å². The molecule has 10 heavy (non-hydrogen) atoms. The van der Waals surface area contributed by atoms with E-state index in [1.54, 1.807) is 23.0 Å². The maximum atomic E-state index is 4.94. The van der Waals surface area contributed by atoms with Crippen LogP contribution < -0.4 is 0 Å². The van der Waals surface area contributed by atoms with Gasteiger partial charge >= 0.3 is 0 Å². The van der Waals surface area contributed by atoms with Crippen molar-refractivity contribution in [3.8, 4) is 0 Å². The number of ether oxygens (including phenoxy) is 1. The molecular weight excluding hydrogens is 146 g/mol. The Balaban J connectivity index is 0.0000001000. The molecule has 1 aliphatic heterocycles. The molecule has 1 aromatic rings. The number of aromatic nitrogens is 1. The van der Waals surface area contributed by atoms with Gasteiger partial charge in [-0.1, -0.05) is 0 Å². The molecule has 0 aliphatic carbocycles. The third kappa shape index (κ3) is 3.58. The van der Waals surface area contributed by atoms with Crippen LogP contribution in [0.25, 0.3) is 0 Å². The second-order valence-corrected chi connectivity index (χ2v) is 2.75. The Hall–Kier alpha value is -0.410. The fraction of sp³-hybridized carbons (Fsp3) is 0.571. The van der Waals surface area contributed by atoms with E-state index in [2.05, 4.69) is 4.98 Å². The van der Waals surface area contributed by atoms with E-state index in [9.17, 15) is 0 Å². The predicted octanol–water partition coefficient (Wildman–Crippen LogP) is 1.94. The minimum absolute atomic E-state index is 1.00. The zero-order valence-corrected chi connectivity index (χ0v) is 6.64. The van der Waals surface area contributed by atoms with Crippen molar-refractivity contribution in [2.24, 2.45) is 0 Å². The summed E-state index contributed by atoms with van der Waals surface area (Å²) in [6.07, 6.45) is 4.32. The van der Waals surface area contributed by atoms with E-state index in [-0.39, 0.29) is 0 Å². The van der Waals surface area contributed by atoms with Gasteiger partial charge in [0.2, 0.25) is 0 Å². The van der Waals surface area contributed by atoms with Crippen molar-refractivity contribution < 1.29 is 4.74 Å². The topological polar surface area (TPSA) is 22.1 Å². The third-order valence-corrected chi connectivity index (χ3v) is 1.70. The molecule has 0 unspecified atom stereocenters. The second kappa shape index (κ2) is 5.38. The van der Waals surface area contributed by atoms with Crippen LogP contribution in [0.3, 0.4) is 0 Å². The molecule has 2 rings (SSSR count). The van der Waals surface area contributed by atoms with Gasteiger partial charge in [0.1, 0.15) is 0 Å². The van der Waals surface area contributed by atoms with E-state index in [1.807, 2.05) is 5.38 Å². The highest BCUT2D eigenvalue weighted by molar-refractivity contribution is 7.07. The van der Waals surface area contributed by atoms with Crippen LogP contribution >= 0.6 is 11.3 Å². The van der Waals surface area contributed by atoms with Crippen LogP contribution in [0.4, 0.5) is 0 Å². The Labute approximate surface area is 64.9 Å². The lowest BCUT2D eigenvalue weighted by Gasteiger charge is -1.76. The van der Waals surface area contributed by atoms with E-state index in [0.717, 1.165) is 13.2 Å². The molecule has 0 amide bonds. The summed E-state index contributed by atoms with van der Waals surface area (Å²) >= 11 is 1.60. The van der Waals surface area contributed by atoms with Crippen molar-refractivity contribution in [3.63, 3.8) is 0 Å². The lowest BCUT2D eigenvalue weighted by atomic mass is 10.4. The van der Waals surface area contributed by atoms with Crippen LogP contribution in [0.2, 0.25) is 0 Å². The van der Waals surface area contributed by atoms with Gasteiger partial charge < -0.3 is 4.74 Å². The van der Waals surface area contributed by atoms with Gasteiger partial charge in [-0.2, -0.15) is 0 Å². The molecule has 2 heterocycles. The van der Waals surface area contributed by atoms with E-state index >= 15 is 0 Å². The Morgan fingerprint density at radius 1 is 1.30 bits per heavy atom. The average Bonchev–Trinajstić information content (AvgIpc) is 2.67. The largest absolute Gasteiger partial charge is 0.381 e. The summed E-state index contributed by atoms with van der Waals surface area (Å²) in [5.41, 5.74) is 1.79. The number of hydrogen-bond donors (Lipinski definition) is 0. The molecule has 3 heteroatoms. The van der Waals surface area contributed by atoms with Gasteiger partial charge in [0, 0.05) is 24.8 Å². The summed E-state index contributed by atoms with van der Waals surface area (Å²) in [6.45, 7) is 2.00. The molecule has 1 aliphatic rings. The quantitative estimate of drug-likeness (QED) is 0.574. The number of hydrogen-bond acceptors (Lipinski definition) is 3. The first-order chi connectivity index (χ1) is 5.00. The molecule has 0 bridgehead atoms. The summed E-state index contributed by atoms with van der Waals surface area (Å²) in [5.74, 6) is 0. The van der Waals surface area contributed by atoms with Gasteiger partial charge in [-0.05, 0) is 12.8 Å². The minimum atomic E-state index is 1.00. The Morgan fingerprint density at radius 2 is 2.10 bits per heavy atom. The second-order valence-electron chi connectivity index (χ2n) is 2.00. The zero-order chi connectivity index (χ0) is 7.07. The van der Waals surface area contributed by atoms with Crippen molar-refractivity contribution in [2.75, 3.05) is 13.2 Å². The van der Waals surface area contributed by atoms with Gasteiger partial charge in [0.15, 0.2) is 0 Å². The Kier molecular flexibility index (Phi) is 4.14. The zero-order valence-electron chi connectivity index (χ0n) is 5.82. The molecule has 56 valence electrons. The Morgan fingerprint density at radius 3 is 2.30 bits per heavy atom. The average molecular weight is 157 g/mol. The van der Waals surface area contributed by atoms with Gasteiger partial charge in [-0.3, -0.25) is 4.98 Å². The van der Waals surface area contributed by atoms with Crippen LogP contribution in [-0.2, 0) is 4.74 Å². The van der Waals surface area contributed by atoms with Crippen LogP contribution in [0.5, 0.6) is 0 Å². The fourth-order valence-electron chi connectivity index (χ4n) is 0.686. The van der Waals surface area contributed by atoms with Crippen molar-refractivity contribution in [3.05, 3.63) is 17.1 Å². The van der Waals surface area contributed by atoms with Gasteiger partial charge in [-0.15, -0.1) is 11.3 Å². The van der Waals surface area contributed by atoms with E-state index < -0.39 is 0 Å². The van der Waals surface area contributed by atoms with Gasteiger partial charge in [-0.25, -0.2) is 0 Å². The number of thiazole rings is 1. The molecule has 1 saturated heterocycles. The third-order valence-electron chi connectivity index (χ3n) is 1.17. The SMILES string of the molecule is C1CCOC1.c1cscn1. The van der Waals surface area contributed by atoms with E-state index in [0.29, 0.717) is 0 Å². The molecule has 1 fully saturated rings. The summed E-state index contributed by atoms with van der Waals surface area (Å²) in [6, 6.07) is 0. The standard InChI is InChI=1S/C4H8O.C3H3NS/c1-2-4-5-3-1;1-2-5-3-4-1/h1-4H2;1-3H. The van der Waals surface area contributed by atoms with Crippen LogP contribution in [-0.4, -0.2) is 18.2 Å². The van der Waals surface area contributed by atoms with Gasteiger partial charge in [0.05, 0.1) is 5.51 Å². The molecular formula is C7H11NOS. The monoisotopic (exact) mass is 157 g/mol. The molecule has 1 aromatic heterocycles. The van der Waals surface area contributed by atoms with Crippen LogP contribution in [0, 0.1) is 0 Å². The lowest BCUT2D eigenvalue weighted by molar-refractivity contribution is 0.198. The highest BCUT2D eigenvalue weighted by atomic mass is 32.1. The van der Waals surface area contributed by atoms with E-state index in [1.165, 1.54) is 12.8 Å². The summed E-state index contributed by atoms with van der Waals surface area (Å²) < 4.78 is 4.94. The molecule has 2 nitrogen and oxygen atoms in total. The van der Waals surface area contributed by atoms with Crippen LogP contribution in [0.15, 0.2) is 17.1 Å². The Bertz CT molecular complexity index is 112. The molecule has 0 atom stereocenters. The summed E-state index contributed by atoms with van der Waals surface area (Å²) in [4.78, 5) is 3.74. The minimum Gasteiger partial charge on any atom is -0.381 e. The van der Waals surface area contributed by atoms with Crippen molar-refractivity contribution in [2.45, 2.75) is 12.8 Å². The first-order valence-electron chi connectivity index (χ1n) is 3.40. The van der Waals surface area contributed by atoms with Crippen molar-refractivity contribution in [1.82, 2.24) is 4.98 Å². The molecule has 0 radical (unpaired) electrons. The molecule has 0 aromatic carbocycles. The van der Waals surface area contributed by atoms with Crippen molar-refractivity contribution in [1.29, 1.82) is 0 Å². The smallest absolute Gasteiger partial charge is 0.0791 e. The first-order valence-corrected chi connectivity index (χ1v) is 4.34. The van der Waals surface area contributed by atoms with Crippen LogP contribution in [0.1, 0.15) is 12.8 Å².